The molecule has 0 aromatic heterocycles. The molecule has 0 atom stereocenters. The second kappa shape index (κ2) is 4.25. The van der Waals surface area contributed by atoms with Crippen LogP contribution >= 0.6 is 0 Å². The fourth-order valence-corrected chi connectivity index (χ4v) is 3.11. The Kier molecular flexibility index (Phi) is 3.15. The van der Waals surface area contributed by atoms with Gasteiger partial charge in [0.15, 0.2) is 0 Å². The van der Waals surface area contributed by atoms with Crippen molar-refractivity contribution in [3.8, 4) is 0 Å². The maximum absolute atomic E-state index is 12.4. The second-order valence-electron chi connectivity index (χ2n) is 5.66. The Morgan fingerprint density at radius 1 is 1.27 bits per heavy atom. The molecule has 2 aliphatic rings. The maximum atomic E-state index is 12.4. The van der Waals surface area contributed by atoms with Crippen LogP contribution in [0.25, 0.3) is 0 Å². The van der Waals surface area contributed by atoms with Crippen molar-refractivity contribution < 1.29 is 4.79 Å². The van der Waals surface area contributed by atoms with E-state index in [1.54, 1.807) is 0 Å². The molecule has 0 aromatic carbocycles. The van der Waals surface area contributed by atoms with Crippen molar-refractivity contribution in [1.82, 2.24) is 0 Å². The molecule has 2 nitrogen and oxygen atoms in total. The molecule has 2 N–H and O–H groups in total. The number of rotatable bonds is 3. The Hall–Kier alpha value is -0.370. The third-order valence-electron chi connectivity index (χ3n) is 4.61. The molecular formula is C13H23NO. The molecule has 0 bridgehead atoms. The Balaban J connectivity index is 1.95. The summed E-state index contributed by atoms with van der Waals surface area (Å²) >= 11 is 0. The van der Waals surface area contributed by atoms with Crippen LogP contribution in [0.3, 0.4) is 0 Å². The van der Waals surface area contributed by atoms with Crippen LogP contribution in [0.1, 0.15) is 51.9 Å². The van der Waals surface area contributed by atoms with Gasteiger partial charge >= 0.3 is 0 Å². The van der Waals surface area contributed by atoms with Crippen LogP contribution < -0.4 is 5.73 Å². The van der Waals surface area contributed by atoms with Crippen LogP contribution in [0, 0.1) is 17.3 Å². The summed E-state index contributed by atoms with van der Waals surface area (Å²) in [6.07, 6.45) is 7.99. The van der Waals surface area contributed by atoms with Crippen molar-refractivity contribution in [2.45, 2.75) is 51.9 Å². The van der Waals surface area contributed by atoms with Gasteiger partial charge in [-0.05, 0) is 31.6 Å². The third-order valence-corrected chi connectivity index (χ3v) is 4.61. The predicted molar refractivity (Wildman–Crippen MR) is 61.5 cm³/mol. The summed E-state index contributed by atoms with van der Waals surface area (Å²) in [4.78, 5) is 12.4. The highest BCUT2D eigenvalue weighted by atomic mass is 16.1. The lowest BCUT2D eigenvalue weighted by molar-refractivity contribution is -0.138. The van der Waals surface area contributed by atoms with E-state index in [1.807, 2.05) is 0 Å². The first kappa shape index (κ1) is 11.1. The summed E-state index contributed by atoms with van der Waals surface area (Å²) in [5.74, 6) is 1.66. The van der Waals surface area contributed by atoms with Gasteiger partial charge in [0.2, 0.25) is 0 Å². The zero-order valence-electron chi connectivity index (χ0n) is 9.80. The molecule has 2 heteroatoms. The number of hydrogen-bond donors (Lipinski definition) is 1. The highest BCUT2D eigenvalue weighted by Crippen LogP contribution is 2.45. The van der Waals surface area contributed by atoms with Crippen LogP contribution in [0.2, 0.25) is 0 Å². The molecule has 0 unspecified atom stereocenters. The number of Topliss-reactive ketones (excluding diaryl/α,β-unsaturated/α-hetero) is 1. The lowest BCUT2D eigenvalue weighted by atomic mass is 9.61. The Bertz CT molecular complexity index is 231. The molecule has 2 rings (SSSR count). The first-order chi connectivity index (χ1) is 7.18. The van der Waals surface area contributed by atoms with E-state index in [1.165, 1.54) is 19.3 Å². The maximum Gasteiger partial charge on any atom is 0.143 e. The minimum atomic E-state index is -0.0920. The Morgan fingerprint density at radius 3 is 2.27 bits per heavy atom. The van der Waals surface area contributed by atoms with Crippen LogP contribution in [0.5, 0.6) is 0 Å². The number of hydrogen-bond acceptors (Lipinski definition) is 2. The number of carbonyl (C=O) groups is 1. The van der Waals surface area contributed by atoms with Crippen molar-refractivity contribution in [2.75, 3.05) is 6.54 Å². The molecule has 2 saturated carbocycles. The zero-order valence-corrected chi connectivity index (χ0v) is 9.80. The van der Waals surface area contributed by atoms with Gasteiger partial charge in [-0.3, -0.25) is 4.79 Å². The van der Waals surface area contributed by atoms with Crippen molar-refractivity contribution in [3.05, 3.63) is 0 Å². The molecule has 0 aromatic rings. The Morgan fingerprint density at radius 2 is 1.87 bits per heavy atom. The lowest BCUT2D eigenvalue weighted by Gasteiger charge is -2.42. The van der Waals surface area contributed by atoms with Crippen LogP contribution in [0.4, 0.5) is 0 Å². The van der Waals surface area contributed by atoms with E-state index in [4.69, 9.17) is 5.73 Å². The molecular weight excluding hydrogens is 186 g/mol. The topological polar surface area (TPSA) is 43.1 Å². The molecule has 0 amide bonds. The van der Waals surface area contributed by atoms with Gasteiger partial charge < -0.3 is 5.73 Å². The molecule has 0 heterocycles. The van der Waals surface area contributed by atoms with E-state index in [0.29, 0.717) is 18.2 Å². The summed E-state index contributed by atoms with van der Waals surface area (Å²) in [6.45, 7) is 2.88. The number of carbonyl (C=O) groups excluding carboxylic acids is 1. The summed E-state index contributed by atoms with van der Waals surface area (Å²) in [6, 6.07) is 0. The van der Waals surface area contributed by atoms with E-state index in [2.05, 4.69) is 6.92 Å². The smallest absolute Gasteiger partial charge is 0.143 e. The largest absolute Gasteiger partial charge is 0.329 e. The summed E-state index contributed by atoms with van der Waals surface area (Å²) < 4.78 is 0. The summed E-state index contributed by atoms with van der Waals surface area (Å²) in [5, 5.41) is 0. The van der Waals surface area contributed by atoms with Gasteiger partial charge in [-0.25, -0.2) is 0 Å². The molecule has 2 fully saturated rings. The van der Waals surface area contributed by atoms with Crippen molar-refractivity contribution in [2.24, 2.45) is 23.0 Å². The molecule has 0 spiro atoms. The fourth-order valence-electron chi connectivity index (χ4n) is 3.11. The molecule has 0 radical (unpaired) electrons. The van der Waals surface area contributed by atoms with Crippen LogP contribution in [0.15, 0.2) is 0 Å². The van der Waals surface area contributed by atoms with Gasteiger partial charge in [0.1, 0.15) is 5.78 Å². The lowest BCUT2D eigenvalue weighted by Crippen LogP contribution is -2.47. The number of ketones is 1. The van der Waals surface area contributed by atoms with E-state index in [0.717, 1.165) is 31.6 Å². The Labute approximate surface area is 92.6 Å². The molecule has 2 aliphatic carbocycles. The van der Waals surface area contributed by atoms with Gasteiger partial charge in [-0.1, -0.05) is 26.2 Å². The summed E-state index contributed by atoms with van der Waals surface area (Å²) in [5.41, 5.74) is 5.69. The average molecular weight is 209 g/mol. The highest BCUT2D eigenvalue weighted by Gasteiger charge is 2.45. The zero-order chi connectivity index (χ0) is 10.9. The van der Waals surface area contributed by atoms with Crippen LogP contribution in [-0.4, -0.2) is 12.3 Å². The third kappa shape index (κ3) is 1.96. The fraction of sp³-hybridized carbons (Fsp3) is 0.923. The molecule has 15 heavy (non-hydrogen) atoms. The molecule has 86 valence electrons. The van der Waals surface area contributed by atoms with Crippen molar-refractivity contribution >= 4 is 5.78 Å². The van der Waals surface area contributed by atoms with E-state index in [9.17, 15) is 4.79 Å². The second-order valence-corrected chi connectivity index (χ2v) is 5.66. The monoisotopic (exact) mass is 209 g/mol. The quantitative estimate of drug-likeness (QED) is 0.776. The van der Waals surface area contributed by atoms with Crippen molar-refractivity contribution in [1.29, 1.82) is 0 Å². The van der Waals surface area contributed by atoms with Gasteiger partial charge in [-0.15, -0.1) is 0 Å². The number of nitrogens with two attached hydrogens (primary N) is 1. The first-order valence-electron chi connectivity index (χ1n) is 6.42. The van der Waals surface area contributed by atoms with E-state index < -0.39 is 0 Å². The SMILES string of the molecule is CC1CCC(C(=O)C2(CN)CCC2)CC1. The van der Waals surface area contributed by atoms with Gasteiger partial charge in [-0.2, -0.15) is 0 Å². The van der Waals surface area contributed by atoms with E-state index in [-0.39, 0.29) is 5.41 Å². The molecule has 0 saturated heterocycles. The summed E-state index contributed by atoms with van der Waals surface area (Å²) in [7, 11) is 0. The van der Waals surface area contributed by atoms with E-state index >= 15 is 0 Å². The van der Waals surface area contributed by atoms with Crippen LogP contribution in [-0.2, 0) is 4.79 Å². The first-order valence-corrected chi connectivity index (χ1v) is 6.42. The van der Waals surface area contributed by atoms with Gasteiger partial charge in [0.05, 0.1) is 0 Å². The standard InChI is InChI=1S/C13H23NO/c1-10-3-5-11(6-4-10)12(15)13(9-14)7-2-8-13/h10-11H,2-9,14H2,1H3. The average Bonchev–Trinajstić information content (AvgIpc) is 2.18. The highest BCUT2D eigenvalue weighted by molar-refractivity contribution is 5.88. The molecule has 0 aliphatic heterocycles. The minimum Gasteiger partial charge on any atom is -0.329 e. The predicted octanol–water partition coefficient (Wildman–Crippen LogP) is 2.51. The van der Waals surface area contributed by atoms with Gasteiger partial charge in [0, 0.05) is 17.9 Å². The normalized spacial score (nSPS) is 34.5. The van der Waals surface area contributed by atoms with Crippen molar-refractivity contribution in [3.63, 3.8) is 0 Å². The minimum absolute atomic E-state index is 0.0920. The van der Waals surface area contributed by atoms with Gasteiger partial charge in [0.25, 0.3) is 0 Å².